The van der Waals surface area contributed by atoms with Gasteiger partial charge in [-0.1, -0.05) is 6.42 Å². The third-order valence-corrected chi connectivity index (χ3v) is 4.45. The second-order valence-corrected chi connectivity index (χ2v) is 6.39. The van der Waals surface area contributed by atoms with Gasteiger partial charge in [0.25, 0.3) is 0 Å². The maximum atomic E-state index is 12.1. The predicted octanol–water partition coefficient (Wildman–Crippen LogP) is 1.93. The van der Waals surface area contributed by atoms with E-state index in [2.05, 4.69) is 17.1 Å². The molecule has 2 rings (SSSR count). The van der Waals surface area contributed by atoms with Crippen molar-refractivity contribution in [2.24, 2.45) is 0 Å². The Morgan fingerprint density at radius 3 is 2.53 bits per heavy atom. The number of carbonyl (C=O) groups excluding carboxylic acids is 1. The Morgan fingerprint density at radius 2 is 2.00 bits per heavy atom. The summed E-state index contributed by atoms with van der Waals surface area (Å²) in [6, 6.07) is 0.938. The van der Waals surface area contributed by atoms with Gasteiger partial charge in [-0.3, -0.25) is 10.1 Å². The van der Waals surface area contributed by atoms with E-state index in [0.717, 1.165) is 6.42 Å². The first-order valence-electron chi connectivity index (χ1n) is 7.65. The monoisotopic (exact) mass is 268 g/mol. The Labute approximate surface area is 116 Å². The minimum absolute atomic E-state index is 0.122. The quantitative estimate of drug-likeness (QED) is 0.748. The van der Waals surface area contributed by atoms with E-state index in [1.807, 2.05) is 6.92 Å². The number of ether oxygens (including phenoxy) is 1. The maximum absolute atomic E-state index is 12.1. The van der Waals surface area contributed by atoms with E-state index in [-0.39, 0.29) is 5.97 Å². The highest BCUT2D eigenvalue weighted by Gasteiger charge is 2.41. The zero-order chi connectivity index (χ0) is 13.9. The number of carbonyl (C=O) groups is 1. The van der Waals surface area contributed by atoms with Crippen LogP contribution in [0.25, 0.3) is 0 Å². The molecule has 1 heterocycles. The molecule has 19 heavy (non-hydrogen) atoms. The third kappa shape index (κ3) is 3.93. The van der Waals surface area contributed by atoms with Gasteiger partial charge in [0.15, 0.2) is 0 Å². The largest absolute Gasteiger partial charge is 0.468 e. The molecule has 1 aliphatic heterocycles. The van der Waals surface area contributed by atoms with E-state index in [4.69, 9.17) is 4.74 Å². The van der Waals surface area contributed by atoms with Crippen molar-refractivity contribution in [3.8, 4) is 0 Å². The molecule has 110 valence electrons. The lowest BCUT2D eigenvalue weighted by atomic mass is 9.91. The van der Waals surface area contributed by atoms with E-state index in [0.29, 0.717) is 12.1 Å². The number of rotatable bonds is 6. The Bertz CT molecular complexity index is 311. The van der Waals surface area contributed by atoms with Crippen LogP contribution in [-0.4, -0.2) is 48.7 Å². The van der Waals surface area contributed by atoms with Crippen LogP contribution in [0.3, 0.4) is 0 Å². The highest BCUT2D eigenvalue weighted by Crippen LogP contribution is 2.27. The molecular formula is C15H28N2O2. The normalized spacial score (nSPS) is 25.6. The molecule has 2 atom stereocenters. The third-order valence-electron chi connectivity index (χ3n) is 4.45. The van der Waals surface area contributed by atoms with Gasteiger partial charge in [0, 0.05) is 12.1 Å². The summed E-state index contributed by atoms with van der Waals surface area (Å²) in [5.74, 6) is -0.122. The van der Waals surface area contributed by atoms with Crippen LogP contribution >= 0.6 is 0 Å². The van der Waals surface area contributed by atoms with Crippen LogP contribution < -0.4 is 5.32 Å². The summed E-state index contributed by atoms with van der Waals surface area (Å²) in [6.45, 7) is 6.57. The molecule has 0 amide bonds. The van der Waals surface area contributed by atoms with Crippen molar-refractivity contribution in [1.82, 2.24) is 10.2 Å². The van der Waals surface area contributed by atoms with Gasteiger partial charge in [-0.15, -0.1) is 0 Å². The second-order valence-electron chi connectivity index (χ2n) is 6.39. The molecule has 1 N–H and O–H groups in total. The molecule has 2 unspecified atom stereocenters. The molecule has 0 aromatic heterocycles. The van der Waals surface area contributed by atoms with Gasteiger partial charge in [0.1, 0.15) is 5.54 Å². The van der Waals surface area contributed by atoms with Gasteiger partial charge in [-0.25, -0.2) is 0 Å². The molecule has 0 spiro atoms. The van der Waals surface area contributed by atoms with Gasteiger partial charge >= 0.3 is 5.97 Å². The molecule has 0 aromatic carbocycles. The molecule has 0 bridgehead atoms. The Balaban J connectivity index is 1.95. The van der Waals surface area contributed by atoms with Gasteiger partial charge < -0.3 is 9.64 Å². The average molecular weight is 268 g/mol. The number of methoxy groups -OCH3 is 1. The number of piperidine rings is 1. The molecule has 1 aliphatic carbocycles. The van der Waals surface area contributed by atoms with E-state index in [9.17, 15) is 4.79 Å². The topological polar surface area (TPSA) is 41.6 Å². The summed E-state index contributed by atoms with van der Waals surface area (Å²) in [7, 11) is 1.49. The summed E-state index contributed by atoms with van der Waals surface area (Å²) in [5, 5.41) is 3.49. The lowest BCUT2D eigenvalue weighted by Crippen LogP contribution is -2.55. The smallest absolute Gasteiger partial charge is 0.325 e. The number of nitrogens with one attached hydrogen (secondary N) is 1. The highest BCUT2D eigenvalue weighted by atomic mass is 16.5. The van der Waals surface area contributed by atoms with E-state index < -0.39 is 5.54 Å². The Kier molecular flexibility index (Phi) is 4.85. The van der Waals surface area contributed by atoms with Crippen LogP contribution in [0.5, 0.6) is 0 Å². The number of hydrogen-bond donors (Lipinski definition) is 1. The van der Waals surface area contributed by atoms with Crippen molar-refractivity contribution in [2.75, 3.05) is 20.2 Å². The minimum atomic E-state index is -0.535. The van der Waals surface area contributed by atoms with Crippen molar-refractivity contribution in [2.45, 2.75) is 70.0 Å². The molecule has 0 radical (unpaired) electrons. The van der Waals surface area contributed by atoms with Crippen LogP contribution in [0.15, 0.2) is 0 Å². The van der Waals surface area contributed by atoms with Gasteiger partial charge in [-0.05, 0) is 59.0 Å². The first-order chi connectivity index (χ1) is 9.05. The first kappa shape index (κ1) is 14.8. The van der Waals surface area contributed by atoms with Crippen molar-refractivity contribution >= 4 is 5.97 Å². The number of hydrogen-bond acceptors (Lipinski definition) is 4. The lowest BCUT2D eigenvalue weighted by Gasteiger charge is -2.37. The van der Waals surface area contributed by atoms with Crippen LogP contribution in [0.2, 0.25) is 0 Å². The molecule has 1 saturated carbocycles. The first-order valence-corrected chi connectivity index (χ1v) is 7.65. The predicted molar refractivity (Wildman–Crippen MR) is 76.1 cm³/mol. The van der Waals surface area contributed by atoms with Gasteiger partial charge in [-0.2, -0.15) is 0 Å². The van der Waals surface area contributed by atoms with Gasteiger partial charge in [0.2, 0.25) is 0 Å². The fourth-order valence-electron chi connectivity index (χ4n) is 3.18. The maximum Gasteiger partial charge on any atom is 0.325 e. The highest BCUT2D eigenvalue weighted by molar-refractivity contribution is 5.80. The molecule has 2 fully saturated rings. The molecule has 4 heteroatoms. The van der Waals surface area contributed by atoms with E-state index in [1.165, 1.54) is 52.3 Å². The fourth-order valence-corrected chi connectivity index (χ4v) is 3.18. The van der Waals surface area contributed by atoms with Crippen molar-refractivity contribution < 1.29 is 9.53 Å². The zero-order valence-electron chi connectivity index (χ0n) is 12.6. The Hall–Kier alpha value is -0.610. The number of nitrogens with zero attached hydrogens (tertiary/aromatic N) is 1. The number of likely N-dealkylation sites (tertiary alicyclic amines) is 1. The summed E-state index contributed by atoms with van der Waals surface area (Å²) < 4.78 is 5.01. The van der Waals surface area contributed by atoms with Gasteiger partial charge in [0.05, 0.1) is 7.11 Å². The van der Waals surface area contributed by atoms with Crippen LogP contribution in [0.4, 0.5) is 0 Å². The van der Waals surface area contributed by atoms with E-state index >= 15 is 0 Å². The second kappa shape index (κ2) is 6.23. The molecule has 4 nitrogen and oxygen atoms in total. The molecule has 1 saturated heterocycles. The van der Waals surface area contributed by atoms with Crippen molar-refractivity contribution in [1.29, 1.82) is 0 Å². The minimum Gasteiger partial charge on any atom is -0.468 e. The summed E-state index contributed by atoms with van der Waals surface area (Å²) in [5.41, 5.74) is -0.535. The Morgan fingerprint density at radius 1 is 1.37 bits per heavy atom. The van der Waals surface area contributed by atoms with Crippen molar-refractivity contribution in [3.63, 3.8) is 0 Å². The summed E-state index contributed by atoms with van der Waals surface area (Å²) in [6.07, 6.45) is 7.12. The zero-order valence-corrected chi connectivity index (χ0v) is 12.6. The molecule has 0 aromatic rings. The van der Waals surface area contributed by atoms with E-state index in [1.54, 1.807) is 0 Å². The average Bonchev–Trinajstić information content (AvgIpc) is 3.22. The van der Waals surface area contributed by atoms with Crippen LogP contribution in [-0.2, 0) is 9.53 Å². The lowest BCUT2D eigenvalue weighted by molar-refractivity contribution is -0.149. The van der Waals surface area contributed by atoms with Crippen LogP contribution in [0.1, 0.15) is 52.4 Å². The summed E-state index contributed by atoms with van der Waals surface area (Å²) >= 11 is 0. The molecule has 2 aliphatic rings. The fraction of sp³-hybridized carbons (Fsp3) is 0.933. The SMILES string of the molecule is COC(=O)C(C)(CC(C)N1CCCCC1)NC1CC1. The van der Waals surface area contributed by atoms with Crippen LogP contribution in [0, 0.1) is 0 Å². The molecular weight excluding hydrogens is 240 g/mol. The van der Waals surface area contributed by atoms with Crippen molar-refractivity contribution in [3.05, 3.63) is 0 Å². The number of esters is 1. The standard InChI is InChI=1S/C15H28N2O2/c1-12(17-9-5-4-6-10-17)11-15(2,14(18)19-3)16-13-7-8-13/h12-13,16H,4-11H2,1-3H3. The summed E-state index contributed by atoms with van der Waals surface area (Å²) in [4.78, 5) is 14.6.